The summed E-state index contributed by atoms with van der Waals surface area (Å²) in [7, 11) is 0. The van der Waals surface area contributed by atoms with E-state index in [-0.39, 0.29) is 0 Å². The first kappa shape index (κ1) is 11.0. The maximum absolute atomic E-state index is 2.72. The van der Waals surface area contributed by atoms with Crippen LogP contribution < -0.4 is 0 Å². The minimum Gasteiger partial charge on any atom is -0.300 e. The maximum Gasteiger partial charge on any atom is 0.0224 e. The van der Waals surface area contributed by atoms with Gasteiger partial charge in [0.15, 0.2) is 0 Å². The summed E-state index contributed by atoms with van der Waals surface area (Å²) in [5.41, 5.74) is 3.20. The molecule has 0 aromatic heterocycles. The average molecular weight is 242 g/mol. The van der Waals surface area contributed by atoms with E-state index in [9.17, 15) is 0 Å². The summed E-state index contributed by atoms with van der Waals surface area (Å²) in [5, 5.41) is 0. The molecular formula is C16H22N2. The summed E-state index contributed by atoms with van der Waals surface area (Å²) in [6.07, 6.45) is 4.16. The van der Waals surface area contributed by atoms with Gasteiger partial charge in [-0.2, -0.15) is 0 Å². The molecule has 18 heavy (non-hydrogen) atoms. The van der Waals surface area contributed by atoms with E-state index in [0.717, 1.165) is 12.0 Å². The zero-order valence-electron chi connectivity index (χ0n) is 11.0. The van der Waals surface area contributed by atoms with Crippen molar-refractivity contribution in [1.29, 1.82) is 0 Å². The van der Waals surface area contributed by atoms with Gasteiger partial charge in [0.2, 0.25) is 0 Å². The molecule has 2 fully saturated rings. The lowest BCUT2D eigenvalue weighted by Gasteiger charge is -2.41. The third kappa shape index (κ3) is 1.79. The van der Waals surface area contributed by atoms with Gasteiger partial charge in [-0.25, -0.2) is 0 Å². The molecule has 1 aliphatic carbocycles. The van der Waals surface area contributed by atoms with Crippen LogP contribution in [0.2, 0.25) is 0 Å². The third-order valence-corrected chi connectivity index (χ3v) is 5.11. The van der Waals surface area contributed by atoms with Crippen LogP contribution in [0.4, 0.5) is 0 Å². The number of benzene rings is 1. The Morgan fingerprint density at radius 1 is 1.11 bits per heavy atom. The Kier molecular flexibility index (Phi) is 2.66. The molecule has 0 saturated carbocycles. The summed E-state index contributed by atoms with van der Waals surface area (Å²) < 4.78 is 0. The Bertz CT molecular complexity index is 442. The smallest absolute Gasteiger partial charge is 0.0224 e. The number of fused-ring (bicyclic) bond motifs is 2. The van der Waals surface area contributed by atoms with Gasteiger partial charge < -0.3 is 0 Å². The van der Waals surface area contributed by atoms with Gasteiger partial charge in [-0.05, 0) is 36.9 Å². The fraction of sp³-hybridized carbons (Fsp3) is 0.625. The Balaban J connectivity index is 1.39. The molecule has 2 unspecified atom stereocenters. The van der Waals surface area contributed by atoms with Crippen molar-refractivity contribution < 1.29 is 0 Å². The zero-order valence-corrected chi connectivity index (χ0v) is 11.0. The van der Waals surface area contributed by atoms with E-state index in [1.165, 1.54) is 52.0 Å². The molecular weight excluding hydrogens is 220 g/mol. The summed E-state index contributed by atoms with van der Waals surface area (Å²) >= 11 is 0. The van der Waals surface area contributed by atoms with E-state index in [4.69, 9.17) is 0 Å². The van der Waals surface area contributed by atoms with E-state index in [0.29, 0.717) is 0 Å². The molecule has 2 nitrogen and oxygen atoms in total. The second kappa shape index (κ2) is 4.36. The van der Waals surface area contributed by atoms with Crippen molar-refractivity contribution in [3.8, 4) is 0 Å². The first-order chi connectivity index (χ1) is 8.90. The molecule has 0 spiro atoms. The van der Waals surface area contributed by atoms with Crippen LogP contribution in [0.1, 0.15) is 29.9 Å². The average Bonchev–Trinajstić information content (AvgIpc) is 2.83. The number of piperazine rings is 1. The van der Waals surface area contributed by atoms with E-state index in [1.54, 1.807) is 11.1 Å². The normalized spacial score (nSPS) is 31.8. The predicted molar refractivity (Wildman–Crippen MR) is 73.9 cm³/mol. The second-order valence-electron chi connectivity index (χ2n) is 6.19. The summed E-state index contributed by atoms with van der Waals surface area (Å²) in [4.78, 5) is 5.41. The van der Waals surface area contributed by atoms with Gasteiger partial charge in [-0.15, -0.1) is 0 Å². The first-order valence-corrected chi connectivity index (χ1v) is 7.44. The van der Waals surface area contributed by atoms with Crippen molar-refractivity contribution in [1.82, 2.24) is 9.80 Å². The Morgan fingerprint density at radius 2 is 2.06 bits per heavy atom. The lowest BCUT2D eigenvalue weighted by molar-refractivity contribution is 0.0975. The molecule has 2 saturated heterocycles. The van der Waals surface area contributed by atoms with Crippen molar-refractivity contribution in [2.45, 2.75) is 31.2 Å². The van der Waals surface area contributed by atoms with Crippen LogP contribution in [0.15, 0.2) is 24.3 Å². The SMILES string of the molecule is c1ccc2c(c1)CC2CN1CCN2CCCC2C1. The molecule has 2 atom stereocenters. The number of hydrogen-bond donors (Lipinski definition) is 0. The molecule has 2 aliphatic heterocycles. The number of rotatable bonds is 2. The molecule has 0 amide bonds. The first-order valence-electron chi connectivity index (χ1n) is 7.44. The molecule has 2 heterocycles. The molecule has 0 bridgehead atoms. The van der Waals surface area contributed by atoms with Crippen LogP contribution in [0.25, 0.3) is 0 Å². The minimum absolute atomic E-state index is 0.814. The zero-order chi connectivity index (χ0) is 11.9. The quantitative estimate of drug-likeness (QED) is 0.783. The Morgan fingerprint density at radius 3 is 3.00 bits per heavy atom. The van der Waals surface area contributed by atoms with Gasteiger partial charge in [-0.3, -0.25) is 9.80 Å². The van der Waals surface area contributed by atoms with E-state index in [2.05, 4.69) is 34.1 Å². The van der Waals surface area contributed by atoms with Crippen molar-refractivity contribution in [2.75, 3.05) is 32.7 Å². The van der Waals surface area contributed by atoms with Crippen molar-refractivity contribution in [2.24, 2.45) is 0 Å². The van der Waals surface area contributed by atoms with Crippen LogP contribution >= 0.6 is 0 Å². The fourth-order valence-electron chi connectivity index (χ4n) is 4.06. The molecule has 0 N–H and O–H groups in total. The lowest BCUT2D eigenvalue weighted by atomic mass is 9.77. The number of hydrogen-bond acceptors (Lipinski definition) is 2. The van der Waals surface area contributed by atoms with Crippen LogP contribution in [-0.2, 0) is 6.42 Å². The molecule has 1 aromatic rings. The minimum atomic E-state index is 0.814. The monoisotopic (exact) mass is 242 g/mol. The van der Waals surface area contributed by atoms with Crippen molar-refractivity contribution in [3.63, 3.8) is 0 Å². The van der Waals surface area contributed by atoms with Crippen LogP contribution in [0.3, 0.4) is 0 Å². The van der Waals surface area contributed by atoms with Crippen LogP contribution in [-0.4, -0.2) is 48.6 Å². The lowest BCUT2D eigenvalue weighted by Crippen LogP contribution is -2.51. The van der Waals surface area contributed by atoms with Gasteiger partial charge >= 0.3 is 0 Å². The standard InChI is InChI=1S/C16H22N2/c1-2-6-16-13(4-1)10-14(16)11-17-8-9-18-7-3-5-15(18)12-17/h1-2,4,6,14-15H,3,5,7-12H2. The third-order valence-electron chi connectivity index (χ3n) is 5.11. The second-order valence-corrected chi connectivity index (χ2v) is 6.19. The molecule has 3 aliphatic rings. The maximum atomic E-state index is 2.72. The molecule has 0 radical (unpaired) electrons. The van der Waals surface area contributed by atoms with Crippen molar-refractivity contribution in [3.05, 3.63) is 35.4 Å². The van der Waals surface area contributed by atoms with Gasteiger partial charge in [0.1, 0.15) is 0 Å². The highest BCUT2D eigenvalue weighted by atomic mass is 15.3. The predicted octanol–water partition coefficient (Wildman–Crippen LogP) is 2.11. The van der Waals surface area contributed by atoms with Crippen LogP contribution in [0.5, 0.6) is 0 Å². The topological polar surface area (TPSA) is 6.48 Å². The highest BCUT2D eigenvalue weighted by Crippen LogP contribution is 2.36. The van der Waals surface area contributed by atoms with Gasteiger partial charge in [0, 0.05) is 38.1 Å². The highest BCUT2D eigenvalue weighted by molar-refractivity contribution is 5.40. The van der Waals surface area contributed by atoms with Gasteiger partial charge in [0.25, 0.3) is 0 Å². The van der Waals surface area contributed by atoms with Crippen molar-refractivity contribution >= 4 is 0 Å². The highest BCUT2D eigenvalue weighted by Gasteiger charge is 2.33. The Hall–Kier alpha value is -0.860. The summed E-state index contributed by atoms with van der Waals surface area (Å²) in [6, 6.07) is 9.86. The molecule has 4 rings (SSSR count). The number of nitrogens with zero attached hydrogens (tertiary/aromatic N) is 2. The summed E-state index contributed by atoms with van der Waals surface area (Å²) in [5.74, 6) is 0.814. The molecule has 96 valence electrons. The summed E-state index contributed by atoms with van der Waals surface area (Å²) in [6.45, 7) is 6.55. The van der Waals surface area contributed by atoms with Gasteiger partial charge in [-0.1, -0.05) is 24.3 Å². The van der Waals surface area contributed by atoms with Crippen LogP contribution in [0, 0.1) is 0 Å². The Labute approximate surface area is 110 Å². The largest absolute Gasteiger partial charge is 0.300 e. The molecule has 1 aromatic carbocycles. The van der Waals surface area contributed by atoms with Gasteiger partial charge in [0.05, 0.1) is 0 Å². The van der Waals surface area contributed by atoms with E-state index >= 15 is 0 Å². The molecule has 2 heteroatoms. The van der Waals surface area contributed by atoms with E-state index < -0.39 is 0 Å². The van der Waals surface area contributed by atoms with E-state index in [1.807, 2.05) is 0 Å². The fourth-order valence-corrected chi connectivity index (χ4v) is 4.06.